The van der Waals surface area contributed by atoms with Crippen LogP contribution in [0.15, 0.2) is 30.4 Å². The van der Waals surface area contributed by atoms with Crippen molar-refractivity contribution < 1.29 is 28.9 Å². The SMILES string of the molecule is CC[C@]12C=CCN3CC[C@]4(c5ccc(OC)cc5N[C@@H]4[C@](O)(C(=O)OC)[C@@H]1OC(C)=O)[C@@H]32. The number of hydrogen-bond acceptors (Lipinski definition) is 8. The third kappa shape index (κ3) is 2.34. The first-order valence-electron chi connectivity index (χ1n) is 11.1. The summed E-state index contributed by atoms with van der Waals surface area (Å²) in [5.74, 6) is -0.660. The molecule has 5 rings (SSSR count). The number of fused-ring (bicyclic) bond motifs is 1. The summed E-state index contributed by atoms with van der Waals surface area (Å²) in [7, 11) is 2.86. The Hall–Kier alpha value is -2.58. The second kappa shape index (κ2) is 6.96. The van der Waals surface area contributed by atoms with Gasteiger partial charge in [0.15, 0.2) is 6.10 Å². The van der Waals surface area contributed by atoms with E-state index in [1.807, 2.05) is 25.1 Å². The molecule has 8 nitrogen and oxygen atoms in total. The Bertz CT molecular complexity index is 1010. The maximum Gasteiger partial charge on any atom is 0.344 e. The van der Waals surface area contributed by atoms with Crippen LogP contribution in [0.5, 0.6) is 5.75 Å². The maximum atomic E-state index is 13.3. The van der Waals surface area contributed by atoms with E-state index in [2.05, 4.69) is 22.4 Å². The highest BCUT2D eigenvalue weighted by atomic mass is 16.6. The Morgan fingerprint density at radius 1 is 1.31 bits per heavy atom. The summed E-state index contributed by atoms with van der Waals surface area (Å²) in [6.07, 6.45) is 4.35. The monoisotopic (exact) mass is 442 g/mol. The number of nitrogens with one attached hydrogen (secondary N) is 1. The Morgan fingerprint density at radius 3 is 2.75 bits per heavy atom. The predicted molar refractivity (Wildman–Crippen MR) is 116 cm³/mol. The van der Waals surface area contributed by atoms with Gasteiger partial charge in [-0.25, -0.2) is 4.79 Å². The van der Waals surface area contributed by atoms with E-state index in [-0.39, 0.29) is 6.04 Å². The van der Waals surface area contributed by atoms with Crippen LogP contribution in [0.2, 0.25) is 0 Å². The van der Waals surface area contributed by atoms with Crippen LogP contribution in [0.1, 0.15) is 32.3 Å². The maximum absolute atomic E-state index is 13.3. The summed E-state index contributed by atoms with van der Waals surface area (Å²) in [5, 5.41) is 15.7. The van der Waals surface area contributed by atoms with Crippen LogP contribution in [0.4, 0.5) is 5.69 Å². The first-order valence-corrected chi connectivity index (χ1v) is 11.1. The van der Waals surface area contributed by atoms with E-state index < -0.39 is 40.5 Å². The fraction of sp³-hybridized carbons (Fsp3) is 0.583. The number of anilines is 1. The summed E-state index contributed by atoms with van der Waals surface area (Å²) >= 11 is 0. The van der Waals surface area contributed by atoms with Crippen molar-refractivity contribution in [3.05, 3.63) is 35.9 Å². The molecule has 0 unspecified atom stereocenters. The van der Waals surface area contributed by atoms with Gasteiger partial charge in [0, 0.05) is 42.1 Å². The van der Waals surface area contributed by atoms with E-state index in [4.69, 9.17) is 14.2 Å². The third-order valence-electron chi connectivity index (χ3n) is 8.22. The van der Waals surface area contributed by atoms with Crippen molar-refractivity contribution >= 4 is 17.6 Å². The molecule has 1 aromatic carbocycles. The number of hydrogen-bond donors (Lipinski definition) is 2. The lowest BCUT2D eigenvalue weighted by Crippen LogP contribution is -2.80. The van der Waals surface area contributed by atoms with Crippen molar-refractivity contribution in [1.29, 1.82) is 0 Å². The van der Waals surface area contributed by atoms with E-state index in [0.29, 0.717) is 12.2 Å². The number of nitrogens with zero attached hydrogens (tertiary/aromatic N) is 1. The average molecular weight is 443 g/mol. The molecule has 3 aliphatic heterocycles. The van der Waals surface area contributed by atoms with E-state index in [1.54, 1.807) is 7.11 Å². The second-order valence-electron chi connectivity index (χ2n) is 9.35. The van der Waals surface area contributed by atoms with E-state index in [0.717, 1.165) is 30.8 Å². The molecule has 2 fully saturated rings. The minimum atomic E-state index is -2.09. The van der Waals surface area contributed by atoms with Gasteiger partial charge in [0.2, 0.25) is 5.60 Å². The van der Waals surface area contributed by atoms with E-state index >= 15 is 0 Å². The first kappa shape index (κ1) is 21.3. The zero-order valence-corrected chi connectivity index (χ0v) is 18.9. The smallest absolute Gasteiger partial charge is 0.344 e. The van der Waals surface area contributed by atoms with Crippen molar-refractivity contribution in [3.63, 3.8) is 0 Å². The van der Waals surface area contributed by atoms with Crippen LogP contribution in [0.3, 0.4) is 0 Å². The summed E-state index contributed by atoms with van der Waals surface area (Å²) < 4.78 is 16.4. The number of esters is 2. The molecule has 1 aliphatic carbocycles. The molecule has 4 aliphatic rings. The lowest BCUT2D eigenvalue weighted by atomic mass is 9.48. The highest BCUT2D eigenvalue weighted by molar-refractivity contribution is 5.86. The number of carbonyl (C=O) groups is 2. The van der Waals surface area contributed by atoms with Gasteiger partial charge >= 0.3 is 11.9 Å². The van der Waals surface area contributed by atoms with Crippen LogP contribution >= 0.6 is 0 Å². The molecule has 0 radical (unpaired) electrons. The Kier molecular flexibility index (Phi) is 4.63. The first-order chi connectivity index (χ1) is 15.3. The Labute approximate surface area is 187 Å². The molecule has 1 saturated carbocycles. The quantitative estimate of drug-likeness (QED) is 0.536. The molecule has 0 amide bonds. The number of rotatable bonds is 4. The molecule has 32 heavy (non-hydrogen) atoms. The Morgan fingerprint density at radius 2 is 2.09 bits per heavy atom. The molecular weight excluding hydrogens is 412 g/mol. The summed E-state index contributed by atoms with van der Waals surface area (Å²) in [6.45, 7) is 4.91. The van der Waals surface area contributed by atoms with Gasteiger partial charge in [-0.3, -0.25) is 9.69 Å². The topological polar surface area (TPSA) is 97.3 Å². The van der Waals surface area contributed by atoms with Crippen LogP contribution < -0.4 is 10.1 Å². The molecule has 1 saturated heterocycles. The number of benzene rings is 1. The second-order valence-corrected chi connectivity index (χ2v) is 9.35. The van der Waals surface area contributed by atoms with Crippen LogP contribution in [0.25, 0.3) is 0 Å². The lowest BCUT2D eigenvalue weighted by molar-refractivity contribution is -0.226. The normalized spacial score (nSPS) is 38.8. The van der Waals surface area contributed by atoms with Gasteiger partial charge in [-0.1, -0.05) is 25.1 Å². The van der Waals surface area contributed by atoms with Gasteiger partial charge in [0.1, 0.15) is 5.75 Å². The number of ether oxygens (including phenoxy) is 3. The molecule has 172 valence electrons. The zero-order chi connectivity index (χ0) is 22.9. The van der Waals surface area contributed by atoms with Gasteiger partial charge < -0.3 is 24.6 Å². The van der Waals surface area contributed by atoms with Gasteiger partial charge in [0.25, 0.3) is 0 Å². The van der Waals surface area contributed by atoms with E-state index in [1.165, 1.54) is 14.0 Å². The molecule has 0 aromatic heterocycles. The van der Waals surface area contributed by atoms with Crippen molar-refractivity contribution in [1.82, 2.24) is 4.90 Å². The number of methoxy groups -OCH3 is 2. The fourth-order valence-corrected chi connectivity index (χ4v) is 7.18. The highest BCUT2D eigenvalue weighted by Crippen LogP contribution is 2.66. The van der Waals surface area contributed by atoms with Gasteiger partial charge in [-0.05, 0) is 31.0 Å². The van der Waals surface area contributed by atoms with Crippen molar-refractivity contribution in [2.45, 2.75) is 55.9 Å². The van der Waals surface area contributed by atoms with Crippen molar-refractivity contribution in [3.8, 4) is 5.75 Å². The molecule has 8 heteroatoms. The molecule has 0 bridgehead atoms. The predicted octanol–water partition coefficient (Wildman–Crippen LogP) is 1.62. The highest BCUT2D eigenvalue weighted by Gasteiger charge is 2.79. The van der Waals surface area contributed by atoms with Crippen LogP contribution in [-0.2, 0) is 24.5 Å². The average Bonchev–Trinajstić information content (AvgIpc) is 3.35. The van der Waals surface area contributed by atoms with Crippen LogP contribution in [0, 0.1) is 5.41 Å². The van der Waals surface area contributed by atoms with E-state index in [9.17, 15) is 14.7 Å². The summed E-state index contributed by atoms with van der Waals surface area (Å²) in [4.78, 5) is 28.0. The van der Waals surface area contributed by atoms with Gasteiger partial charge in [-0.2, -0.15) is 0 Å². The zero-order valence-electron chi connectivity index (χ0n) is 18.9. The standard InChI is InChI=1S/C24H30N2O6/c1-5-22-9-6-11-26-12-10-23(19(22)26)16-8-7-15(30-3)13-17(16)25-18(23)24(29,21(28)31-4)20(22)32-14(2)27/h6-9,13,18-20,25,29H,5,10-12H2,1-4H3/t18-,19-,20+,22+,23+,24+/m0/s1. The summed E-state index contributed by atoms with van der Waals surface area (Å²) in [5.41, 5.74) is -1.55. The van der Waals surface area contributed by atoms with Gasteiger partial charge in [0.05, 0.1) is 20.3 Å². The van der Waals surface area contributed by atoms with Crippen molar-refractivity contribution in [2.24, 2.45) is 5.41 Å². The van der Waals surface area contributed by atoms with Crippen molar-refractivity contribution in [2.75, 3.05) is 32.6 Å². The molecule has 1 aromatic rings. The van der Waals surface area contributed by atoms with Gasteiger partial charge in [-0.15, -0.1) is 0 Å². The summed E-state index contributed by atoms with van der Waals surface area (Å²) in [6, 6.07) is 5.06. The minimum Gasteiger partial charge on any atom is -0.497 e. The Balaban J connectivity index is 1.82. The number of carbonyl (C=O) groups excluding carboxylic acids is 2. The molecule has 2 N–H and O–H groups in total. The molecule has 6 atom stereocenters. The van der Waals surface area contributed by atoms with Crippen LogP contribution in [-0.4, -0.2) is 73.0 Å². The number of aliphatic hydroxyl groups is 1. The molecular formula is C24H30N2O6. The lowest BCUT2D eigenvalue weighted by Gasteiger charge is -2.62. The minimum absolute atomic E-state index is 0.0635. The fourth-order valence-electron chi connectivity index (χ4n) is 7.18. The largest absolute Gasteiger partial charge is 0.497 e. The molecule has 3 heterocycles. The molecule has 1 spiro atoms. The third-order valence-corrected chi connectivity index (χ3v) is 8.22.